The van der Waals surface area contributed by atoms with Gasteiger partial charge in [-0.15, -0.1) is 0 Å². The summed E-state index contributed by atoms with van der Waals surface area (Å²) in [5, 5.41) is 8.44. The van der Waals surface area contributed by atoms with Gasteiger partial charge in [-0.3, -0.25) is 4.79 Å². The number of carboxylic acids is 1. The van der Waals surface area contributed by atoms with E-state index in [1.165, 1.54) is 31.4 Å². The van der Waals surface area contributed by atoms with Crippen molar-refractivity contribution in [2.75, 3.05) is 12.9 Å². The van der Waals surface area contributed by atoms with Crippen LogP contribution in [0.15, 0.2) is 29.2 Å². The molecule has 0 aromatic heterocycles. The summed E-state index contributed by atoms with van der Waals surface area (Å²) in [7, 11) is -2.65. The molecule has 0 radical (unpaired) electrons. The fourth-order valence-electron chi connectivity index (χ4n) is 1.16. The smallest absolute Gasteiger partial charge is 0.337 e. The van der Waals surface area contributed by atoms with Gasteiger partial charge in [0.2, 0.25) is 0 Å². The van der Waals surface area contributed by atoms with Gasteiger partial charge in [0.15, 0.2) is 15.6 Å². The molecule has 1 N–H and O–H groups in total. The van der Waals surface area contributed by atoms with E-state index < -0.39 is 27.5 Å². The molecule has 7 heteroatoms. The Kier molecular flexibility index (Phi) is 3.84. The number of methoxy groups -OCH3 is 1. The maximum Gasteiger partial charge on any atom is 0.337 e. The minimum absolute atomic E-state index is 0.146. The molecule has 0 saturated carbocycles. The van der Waals surface area contributed by atoms with Crippen LogP contribution in [-0.4, -0.2) is 38.3 Å². The number of aliphatic carboxylic acids is 1. The van der Waals surface area contributed by atoms with Crippen molar-refractivity contribution in [2.45, 2.75) is 4.90 Å². The molecule has 0 saturated heterocycles. The van der Waals surface area contributed by atoms with Crippen LogP contribution in [0.25, 0.3) is 0 Å². The number of sulfone groups is 1. The largest absolute Gasteiger partial charge is 0.480 e. The zero-order valence-corrected chi connectivity index (χ0v) is 9.73. The maximum absolute atomic E-state index is 11.5. The summed E-state index contributed by atoms with van der Waals surface area (Å²) in [6, 6.07) is 4.87. The van der Waals surface area contributed by atoms with Crippen LogP contribution < -0.4 is 0 Å². The molecule has 0 aliphatic rings. The molecule has 0 unspecified atom stereocenters. The Morgan fingerprint density at radius 1 is 1.24 bits per heavy atom. The quantitative estimate of drug-likeness (QED) is 0.781. The first kappa shape index (κ1) is 13.2. The van der Waals surface area contributed by atoms with Crippen molar-refractivity contribution in [2.24, 2.45) is 0 Å². The third kappa shape index (κ3) is 3.28. The maximum atomic E-state index is 11.5. The van der Waals surface area contributed by atoms with Crippen LogP contribution >= 0.6 is 0 Å². The number of ether oxygens (including phenoxy) is 1. The number of hydrogen-bond acceptors (Lipinski definition) is 5. The molecule has 6 nitrogen and oxygen atoms in total. The Labute approximate surface area is 97.7 Å². The zero-order valence-electron chi connectivity index (χ0n) is 8.91. The highest BCUT2D eigenvalue weighted by atomic mass is 32.2. The SMILES string of the molecule is COC(=O)c1ccc(S(=O)(=O)CC(=O)O)cc1. The molecule has 1 aromatic carbocycles. The minimum atomic E-state index is -3.86. The standard InChI is InChI=1S/C10H10O6S/c1-16-10(13)7-2-4-8(5-3-7)17(14,15)6-9(11)12/h2-5H,6H2,1H3,(H,11,12). The second-order valence-electron chi connectivity index (χ2n) is 3.17. The van der Waals surface area contributed by atoms with E-state index in [9.17, 15) is 18.0 Å². The molecule has 1 rings (SSSR count). The van der Waals surface area contributed by atoms with Gasteiger partial charge in [0.1, 0.15) is 0 Å². The van der Waals surface area contributed by atoms with Crippen molar-refractivity contribution in [1.29, 1.82) is 0 Å². The van der Waals surface area contributed by atoms with Crippen molar-refractivity contribution < 1.29 is 27.9 Å². The van der Waals surface area contributed by atoms with Crippen LogP contribution in [0.1, 0.15) is 10.4 Å². The first-order valence-corrected chi connectivity index (χ1v) is 6.15. The predicted octanol–water partition coefficient (Wildman–Crippen LogP) is 0.331. The van der Waals surface area contributed by atoms with Gasteiger partial charge in [0.25, 0.3) is 0 Å². The lowest BCUT2D eigenvalue weighted by atomic mass is 10.2. The summed E-state index contributed by atoms with van der Waals surface area (Å²) in [6.07, 6.45) is 0. The van der Waals surface area contributed by atoms with Gasteiger partial charge in [-0.1, -0.05) is 0 Å². The number of carbonyl (C=O) groups is 2. The predicted molar refractivity (Wildman–Crippen MR) is 57.5 cm³/mol. The molecule has 1 aromatic rings. The minimum Gasteiger partial charge on any atom is -0.480 e. The molecule has 0 aliphatic carbocycles. The highest BCUT2D eigenvalue weighted by Gasteiger charge is 2.19. The Hall–Kier alpha value is -1.89. The number of rotatable bonds is 4. The van der Waals surface area contributed by atoms with Gasteiger partial charge >= 0.3 is 11.9 Å². The lowest BCUT2D eigenvalue weighted by molar-refractivity contribution is -0.134. The highest BCUT2D eigenvalue weighted by Crippen LogP contribution is 2.13. The van der Waals surface area contributed by atoms with E-state index in [2.05, 4.69) is 4.74 Å². The second kappa shape index (κ2) is 4.96. The Bertz CT molecular complexity index is 528. The van der Waals surface area contributed by atoms with E-state index >= 15 is 0 Å². The Morgan fingerprint density at radius 3 is 2.18 bits per heavy atom. The third-order valence-corrected chi connectivity index (χ3v) is 3.57. The fraction of sp³-hybridized carbons (Fsp3) is 0.200. The fourth-order valence-corrected chi connectivity index (χ4v) is 2.20. The van der Waals surface area contributed by atoms with E-state index in [0.29, 0.717) is 0 Å². The third-order valence-electron chi connectivity index (χ3n) is 1.95. The summed E-state index contributed by atoms with van der Waals surface area (Å²) in [5.41, 5.74) is 0.196. The van der Waals surface area contributed by atoms with Gasteiger partial charge < -0.3 is 9.84 Å². The number of carbonyl (C=O) groups excluding carboxylic acids is 1. The van der Waals surface area contributed by atoms with Crippen molar-refractivity contribution in [1.82, 2.24) is 0 Å². The Balaban J connectivity index is 3.03. The van der Waals surface area contributed by atoms with E-state index in [1.807, 2.05) is 0 Å². The van der Waals surface area contributed by atoms with Crippen LogP contribution in [0.5, 0.6) is 0 Å². The molecule has 0 aliphatic heterocycles. The lowest BCUT2D eigenvalue weighted by Gasteiger charge is -2.03. The molecule has 0 bridgehead atoms. The first-order valence-electron chi connectivity index (χ1n) is 4.50. The van der Waals surface area contributed by atoms with Gasteiger partial charge in [-0.05, 0) is 24.3 Å². The molecule has 0 amide bonds. The molecule has 0 spiro atoms. The van der Waals surface area contributed by atoms with Crippen LogP contribution in [0.4, 0.5) is 0 Å². The van der Waals surface area contributed by atoms with Crippen molar-refractivity contribution in [3.05, 3.63) is 29.8 Å². The molecular weight excluding hydrogens is 248 g/mol. The molecule has 0 fully saturated rings. The summed E-state index contributed by atoms with van der Waals surface area (Å²) < 4.78 is 27.4. The average Bonchev–Trinajstić information content (AvgIpc) is 2.26. The number of hydrogen-bond donors (Lipinski definition) is 1. The number of esters is 1. The first-order chi connectivity index (χ1) is 7.86. The summed E-state index contributed by atoms with van der Waals surface area (Å²) in [4.78, 5) is 21.3. The summed E-state index contributed by atoms with van der Waals surface area (Å²) in [5.74, 6) is -3.00. The molecule has 0 heterocycles. The van der Waals surface area contributed by atoms with E-state index in [-0.39, 0.29) is 10.5 Å². The van der Waals surface area contributed by atoms with Gasteiger partial charge in [-0.2, -0.15) is 0 Å². The topological polar surface area (TPSA) is 97.7 Å². The van der Waals surface area contributed by atoms with E-state index in [4.69, 9.17) is 5.11 Å². The molecule has 17 heavy (non-hydrogen) atoms. The molecule has 92 valence electrons. The Morgan fingerprint density at radius 2 is 1.76 bits per heavy atom. The lowest BCUT2D eigenvalue weighted by Crippen LogP contribution is -2.15. The zero-order chi connectivity index (χ0) is 13.1. The van der Waals surface area contributed by atoms with Gasteiger partial charge in [0, 0.05) is 0 Å². The highest BCUT2D eigenvalue weighted by molar-refractivity contribution is 7.92. The second-order valence-corrected chi connectivity index (χ2v) is 5.16. The number of carboxylic acid groups (broad SMARTS) is 1. The van der Waals surface area contributed by atoms with E-state index in [0.717, 1.165) is 0 Å². The van der Waals surface area contributed by atoms with Crippen LogP contribution in [0, 0.1) is 0 Å². The van der Waals surface area contributed by atoms with Crippen LogP contribution in [0.2, 0.25) is 0 Å². The van der Waals surface area contributed by atoms with Crippen molar-refractivity contribution >= 4 is 21.8 Å². The molecule has 0 atom stereocenters. The van der Waals surface area contributed by atoms with Crippen molar-refractivity contribution in [3.63, 3.8) is 0 Å². The normalized spacial score (nSPS) is 10.9. The number of benzene rings is 1. The summed E-state index contributed by atoms with van der Waals surface area (Å²) >= 11 is 0. The van der Waals surface area contributed by atoms with Gasteiger partial charge in [-0.25, -0.2) is 13.2 Å². The summed E-state index contributed by atoms with van der Waals surface area (Å²) in [6.45, 7) is 0. The average molecular weight is 258 g/mol. The molecular formula is C10H10O6S. The van der Waals surface area contributed by atoms with Crippen molar-refractivity contribution in [3.8, 4) is 0 Å². The van der Waals surface area contributed by atoms with Crippen LogP contribution in [0.3, 0.4) is 0 Å². The van der Waals surface area contributed by atoms with Gasteiger partial charge in [0.05, 0.1) is 17.6 Å². The monoisotopic (exact) mass is 258 g/mol. The van der Waals surface area contributed by atoms with E-state index in [1.54, 1.807) is 0 Å². The van der Waals surface area contributed by atoms with Crippen LogP contribution in [-0.2, 0) is 19.4 Å².